The summed E-state index contributed by atoms with van der Waals surface area (Å²) in [6, 6.07) is 7.46. The van der Waals surface area contributed by atoms with Gasteiger partial charge in [0.15, 0.2) is 0 Å². The van der Waals surface area contributed by atoms with Crippen LogP contribution in [0.4, 0.5) is 5.82 Å². The van der Waals surface area contributed by atoms with Gasteiger partial charge in [-0.2, -0.15) is 4.98 Å². The smallest absolute Gasteiger partial charge is 0.224 e. The van der Waals surface area contributed by atoms with Crippen LogP contribution in [0.3, 0.4) is 0 Å². The van der Waals surface area contributed by atoms with Crippen LogP contribution in [0.1, 0.15) is 30.1 Å². The second kappa shape index (κ2) is 4.81. The second-order valence-corrected chi connectivity index (χ2v) is 5.63. The number of aromatic nitrogens is 2. The summed E-state index contributed by atoms with van der Waals surface area (Å²) in [5.41, 5.74) is 6.91. The van der Waals surface area contributed by atoms with Crippen LogP contribution in [0.15, 0.2) is 28.7 Å². The van der Waals surface area contributed by atoms with E-state index in [0.717, 1.165) is 34.5 Å². The molecule has 2 N–H and O–H groups in total. The number of benzene rings is 1. The number of hydrogen-bond donors (Lipinski definition) is 1. The highest BCUT2D eigenvalue weighted by atomic mass is 79.9. The molecule has 2 aromatic rings. The van der Waals surface area contributed by atoms with Crippen LogP contribution in [-0.4, -0.2) is 9.97 Å². The fourth-order valence-electron chi connectivity index (χ4n) is 1.84. The third-order valence-corrected chi connectivity index (χ3v) is 3.92. The molecule has 19 heavy (non-hydrogen) atoms. The Kier molecular flexibility index (Phi) is 3.14. The molecule has 0 bridgehead atoms. The predicted octanol–water partition coefficient (Wildman–Crippen LogP) is 3.80. The minimum atomic E-state index is 0.456. The Hall–Kier alpha value is -1.62. The van der Waals surface area contributed by atoms with Crippen molar-refractivity contribution in [2.75, 3.05) is 5.73 Å². The van der Waals surface area contributed by atoms with E-state index in [4.69, 9.17) is 10.5 Å². The van der Waals surface area contributed by atoms with Crippen LogP contribution in [0.25, 0.3) is 0 Å². The number of halogens is 1. The fraction of sp³-hybridized carbons (Fsp3) is 0.286. The van der Waals surface area contributed by atoms with Crippen LogP contribution in [0.5, 0.6) is 11.6 Å². The van der Waals surface area contributed by atoms with Crippen molar-refractivity contribution < 1.29 is 4.74 Å². The molecule has 1 aliphatic carbocycles. The molecule has 0 aliphatic heterocycles. The minimum Gasteiger partial charge on any atom is -0.439 e. The third kappa shape index (κ3) is 2.87. The van der Waals surface area contributed by atoms with Gasteiger partial charge >= 0.3 is 0 Å². The van der Waals surface area contributed by atoms with Crippen molar-refractivity contribution in [2.24, 2.45) is 0 Å². The van der Waals surface area contributed by atoms with Crippen molar-refractivity contribution in [1.82, 2.24) is 9.97 Å². The number of nitrogens with two attached hydrogens (primary N) is 1. The van der Waals surface area contributed by atoms with Crippen LogP contribution in [-0.2, 0) is 0 Å². The van der Waals surface area contributed by atoms with Crippen molar-refractivity contribution in [2.45, 2.75) is 25.7 Å². The van der Waals surface area contributed by atoms with Crippen molar-refractivity contribution in [3.05, 3.63) is 40.1 Å². The van der Waals surface area contributed by atoms with Gasteiger partial charge < -0.3 is 10.5 Å². The third-order valence-electron chi connectivity index (χ3n) is 3.03. The first-order chi connectivity index (χ1) is 9.11. The predicted molar refractivity (Wildman–Crippen MR) is 77.4 cm³/mol. The van der Waals surface area contributed by atoms with E-state index in [9.17, 15) is 0 Å². The van der Waals surface area contributed by atoms with E-state index in [-0.39, 0.29) is 0 Å². The molecule has 1 aliphatic rings. The Bertz CT molecular complexity index is 626. The lowest BCUT2D eigenvalue weighted by Crippen LogP contribution is -2.00. The zero-order chi connectivity index (χ0) is 13.4. The SMILES string of the molecule is Cc1cc(Oc2cc(N)nc(C3CC3)n2)ccc1Br. The van der Waals surface area contributed by atoms with Gasteiger partial charge in [0.1, 0.15) is 17.4 Å². The Morgan fingerprint density at radius 2 is 2.05 bits per heavy atom. The molecule has 0 spiro atoms. The summed E-state index contributed by atoms with van der Waals surface area (Å²) in [4.78, 5) is 8.67. The number of anilines is 1. The average Bonchev–Trinajstić information content (AvgIpc) is 3.17. The average molecular weight is 320 g/mol. The largest absolute Gasteiger partial charge is 0.439 e. The van der Waals surface area contributed by atoms with Crippen LogP contribution < -0.4 is 10.5 Å². The summed E-state index contributed by atoms with van der Waals surface area (Å²) < 4.78 is 6.82. The monoisotopic (exact) mass is 319 g/mol. The topological polar surface area (TPSA) is 61.0 Å². The summed E-state index contributed by atoms with van der Waals surface area (Å²) >= 11 is 3.46. The van der Waals surface area contributed by atoms with Crippen LogP contribution in [0.2, 0.25) is 0 Å². The molecular formula is C14H14BrN3O. The lowest BCUT2D eigenvalue weighted by atomic mass is 10.2. The van der Waals surface area contributed by atoms with Crippen molar-refractivity contribution in [1.29, 1.82) is 0 Å². The number of hydrogen-bond acceptors (Lipinski definition) is 4. The molecular weight excluding hydrogens is 306 g/mol. The maximum absolute atomic E-state index is 5.79. The van der Waals surface area contributed by atoms with Crippen molar-refractivity contribution >= 4 is 21.7 Å². The first-order valence-electron chi connectivity index (χ1n) is 6.20. The molecule has 0 amide bonds. The quantitative estimate of drug-likeness (QED) is 0.934. The number of nitrogens with zero attached hydrogens (tertiary/aromatic N) is 2. The Morgan fingerprint density at radius 1 is 1.26 bits per heavy atom. The Balaban J connectivity index is 1.87. The van der Waals surface area contributed by atoms with E-state index < -0.39 is 0 Å². The summed E-state index contributed by atoms with van der Waals surface area (Å²) in [6.07, 6.45) is 2.28. The van der Waals surface area contributed by atoms with Gasteiger partial charge in [0.25, 0.3) is 0 Å². The first-order valence-corrected chi connectivity index (χ1v) is 6.99. The van der Waals surface area contributed by atoms with Gasteiger partial charge in [-0.05, 0) is 43.5 Å². The van der Waals surface area contributed by atoms with Gasteiger partial charge in [-0.15, -0.1) is 0 Å². The Morgan fingerprint density at radius 3 is 2.74 bits per heavy atom. The molecule has 1 aromatic heterocycles. The number of nitrogen functional groups attached to an aromatic ring is 1. The van der Waals surface area contributed by atoms with Gasteiger partial charge in [-0.1, -0.05) is 15.9 Å². The fourth-order valence-corrected chi connectivity index (χ4v) is 2.09. The van der Waals surface area contributed by atoms with E-state index in [2.05, 4.69) is 25.9 Å². The number of rotatable bonds is 3. The summed E-state index contributed by atoms with van der Waals surface area (Å²) in [6.45, 7) is 2.01. The van der Waals surface area contributed by atoms with Crippen molar-refractivity contribution in [3.8, 4) is 11.6 Å². The zero-order valence-electron chi connectivity index (χ0n) is 10.6. The molecule has 5 heteroatoms. The molecule has 1 saturated carbocycles. The summed E-state index contributed by atoms with van der Waals surface area (Å²) in [5.74, 6) is 2.97. The number of aryl methyl sites for hydroxylation is 1. The van der Waals surface area contributed by atoms with Crippen molar-refractivity contribution in [3.63, 3.8) is 0 Å². The van der Waals surface area contributed by atoms with E-state index in [0.29, 0.717) is 17.6 Å². The molecule has 1 aromatic carbocycles. The molecule has 4 nitrogen and oxygen atoms in total. The number of ether oxygens (including phenoxy) is 1. The van der Waals surface area contributed by atoms with Gasteiger partial charge in [0, 0.05) is 16.5 Å². The molecule has 0 saturated heterocycles. The zero-order valence-corrected chi connectivity index (χ0v) is 12.1. The normalized spacial score (nSPS) is 14.4. The standard InChI is InChI=1S/C14H14BrN3O/c1-8-6-10(4-5-11(8)15)19-13-7-12(16)17-14(18-13)9-2-3-9/h4-7,9H,2-3H2,1H3,(H2,16,17,18). The van der Waals surface area contributed by atoms with Gasteiger partial charge in [-0.25, -0.2) is 4.98 Å². The second-order valence-electron chi connectivity index (χ2n) is 4.78. The van der Waals surface area contributed by atoms with E-state index in [1.165, 1.54) is 0 Å². The maximum atomic E-state index is 5.79. The maximum Gasteiger partial charge on any atom is 0.224 e. The first kappa shape index (κ1) is 12.4. The molecule has 0 atom stereocenters. The highest BCUT2D eigenvalue weighted by Crippen LogP contribution is 2.39. The molecule has 1 fully saturated rings. The van der Waals surface area contributed by atoms with E-state index >= 15 is 0 Å². The van der Waals surface area contributed by atoms with Gasteiger partial charge in [-0.3, -0.25) is 0 Å². The van der Waals surface area contributed by atoms with E-state index in [1.54, 1.807) is 6.07 Å². The Labute approximate surface area is 120 Å². The highest BCUT2D eigenvalue weighted by Gasteiger charge is 2.27. The lowest BCUT2D eigenvalue weighted by molar-refractivity contribution is 0.458. The molecule has 0 unspecified atom stereocenters. The van der Waals surface area contributed by atoms with Crippen LogP contribution in [0, 0.1) is 6.92 Å². The molecule has 98 valence electrons. The molecule has 0 radical (unpaired) electrons. The van der Waals surface area contributed by atoms with Crippen LogP contribution >= 0.6 is 15.9 Å². The van der Waals surface area contributed by atoms with Gasteiger partial charge in [0.05, 0.1) is 0 Å². The molecule has 3 rings (SSSR count). The highest BCUT2D eigenvalue weighted by molar-refractivity contribution is 9.10. The summed E-state index contributed by atoms with van der Waals surface area (Å²) in [7, 11) is 0. The minimum absolute atomic E-state index is 0.456. The summed E-state index contributed by atoms with van der Waals surface area (Å²) in [5, 5.41) is 0. The van der Waals surface area contributed by atoms with Gasteiger partial charge in [0.2, 0.25) is 5.88 Å². The van der Waals surface area contributed by atoms with E-state index in [1.807, 2.05) is 25.1 Å². The lowest BCUT2D eigenvalue weighted by Gasteiger charge is -2.08. The molecule has 1 heterocycles.